The maximum atomic E-state index is 5.58. The van der Waals surface area contributed by atoms with Crippen LogP contribution < -0.4 is 0 Å². The van der Waals surface area contributed by atoms with Crippen molar-refractivity contribution in [3.63, 3.8) is 0 Å². The Morgan fingerprint density at radius 1 is 0.360 bits per heavy atom. The van der Waals surface area contributed by atoms with Crippen molar-refractivity contribution in [1.82, 2.24) is 0 Å². The van der Waals surface area contributed by atoms with E-state index in [9.17, 15) is 0 Å². The molecular weight excluding hydrogens is 327 g/mol. The fourth-order valence-corrected chi connectivity index (χ4v) is 2.35. The number of ether oxygens (including phenoxy) is 4. The second kappa shape index (κ2) is 27.1. The molecule has 0 aliphatic heterocycles. The summed E-state index contributed by atoms with van der Waals surface area (Å²) in [4.78, 5) is 0. The van der Waals surface area contributed by atoms with Gasteiger partial charge in [0.2, 0.25) is 0 Å². The standard InChI is InChI=1S/C20H42O4.Na.H/c1-3-5-7-8-9-10-11-12-14-22-16-18-24-20-19-23-17-15-21-13-6-4-2;;/h3-20H2,1-2H3;;. The van der Waals surface area contributed by atoms with E-state index in [0.29, 0.717) is 39.6 Å². The summed E-state index contributed by atoms with van der Waals surface area (Å²) in [6.45, 7) is 10.1. The van der Waals surface area contributed by atoms with Gasteiger partial charge in [0.25, 0.3) is 0 Å². The Kier molecular flexibility index (Phi) is 30.4. The van der Waals surface area contributed by atoms with Crippen LogP contribution in [0, 0.1) is 0 Å². The molecule has 5 heteroatoms. The molecule has 0 atom stereocenters. The number of rotatable bonds is 21. The zero-order valence-corrected chi connectivity index (χ0v) is 16.4. The molecule has 0 aromatic rings. The molecule has 0 aromatic carbocycles. The van der Waals surface area contributed by atoms with Crippen LogP contribution in [-0.4, -0.2) is 82.4 Å². The molecule has 0 spiro atoms. The van der Waals surface area contributed by atoms with Crippen LogP contribution in [0.4, 0.5) is 0 Å². The van der Waals surface area contributed by atoms with E-state index in [0.717, 1.165) is 19.6 Å². The summed E-state index contributed by atoms with van der Waals surface area (Å²) < 4.78 is 21.9. The predicted octanol–water partition coefficient (Wildman–Crippen LogP) is 4.35. The van der Waals surface area contributed by atoms with Crippen molar-refractivity contribution in [3.8, 4) is 0 Å². The van der Waals surface area contributed by atoms with E-state index in [1.807, 2.05) is 0 Å². The van der Waals surface area contributed by atoms with Gasteiger partial charge in [-0.3, -0.25) is 0 Å². The number of hydrogen-bond donors (Lipinski definition) is 0. The van der Waals surface area contributed by atoms with Crippen molar-refractivity contribution in [2.45, 2.75) is 78.1 Å². The molecule has 0 bridgehead atoms. The SMILES string of the molecule is CCCCCCCCCCOCCOCCOCCOCCCC.[NaH]. The third-order valence-corrected chi connectivity index (χ3v) is 3.90. The van der Waals surface area contributed by atoms with Crippen molar-refractivity contribution in [3.05, 3.63) is 0 Å². The second-order valence-corrected chi connectivity index (χ2v) is 6.28. The van der Waals surface area contributed by atoms with Crippen LogP contribution in [0.15, 0.2) is 0 Å². The molecule has 0 aliphatic rings. The first-order valence-electron chi connectivity index (χ1n) is 10.2. The molecule has 0 aliphatic carbocycles. The zero-order valence-electron chi connectivity index (χ0n) is 16.4. The van der Waals surface area contributed by atoms with Gasteiger partial charge in [-0.25, -0.2) is 0 Å². The van der Waals surface area contributed by atoms with Crippen molar-refractivity contribution in [2.24, 2.45) is 0 Å². The van der Waals surface area contributed by atoms with E-state index in [1.165, 1.54) is 57.8 Å². The van der Waals surface area contributed by atoms with Gasteiger partial charge in [-0.05, 0) is 12.8 Å². The van der Waals surface area contributed by atoms with Crippen LogP contribution in [-0.2, 0) is 18.9 Å². The summed E-state index contributed by atoms with van der Waals surface area (Å²) in [5, 5.41) is 0. The molecule has 4 nitrogen and oxygen atoms in total. The van der Waals surface area contributed by atoms with E-state index < -0.39 is 0 Å². The van der Waals surface area contributed by atoms with Crippen molar-refractivity contribution < 1.29 is 18.9 Å². The van der Waals surface area contributed by atoms with Crippen LogP contribution in [0.5, 0.6) is 0 Å². The molecule has 0 aromatic heterocycles. The van der Waals surface area contributed by atoms with Crippen LogP contribution in [0.1, 0.15) is 78.1 Å². The monoisotopic (exact) mass is 370 g/mol. The minimum atomic E-state index is 0. The maximum absolute atomic E-state index is 5.58. The van der Waals surface area contributed by atoms with E-state index in [1.54, 1.807) is 0 Å². The van der Waals surface area contributed by atoms with Gasteiger partial charge in [-0.2, -0.15) is 0 Å². The Balaban J connectivity index is 0. The van der Waals surface area contributed by atoms with E-state index in [-0.39, 0.29) is 29.6 Å². The summed E-state index contributed by atoms with van der Waals surface area (Å²) in [5.74, 6) is 0. The van der Waals surface area contributed by atoms with E-state index in [4.69, 9.17) is 18.9 Å². The molecule has 0 amide bonds. The molecule has 0 rings (SSSR count). The summed E-state index contributed by atoms with van der Waals surface area (Å²) >= 11 is 0. The van der Waals surface area contributed by atoms with Crippen molar-refractivity contribution in [2.75, 3.05) is 52.9 Å². The molecular formula is C20H43NaO4. The molecule has 0 heterocycles. The van der Waals surface area contributed by atoms with Gasteiger partial charge in [-0.15, -0.1) is 0 Å². The first kappa shape index (κ1) is 28.1. The van der Waals surface area contributed by atoms with E-state index >= 15 is 0 Å². The number of hydrogen-bond acceptors (Lipinski definition) is 4. The van der Waals surface area contributed by atoms with Gasteiger partial charge >= 0.3 is 29.6 Å². The average molecular weight is 371 g/mol. The zero-order chi connectivity index (χ0) is 17.6. The molecule has 0 radical (unpaired) electrons. The van der Waals surface area contributed by atoms with E-state index in [2.05, 4.69) is 13.8 Å². The van der Waals surface area contributed by atoms with Gasteiger partial charge in [-0.1, -0.05) is 65.2 Å². The van der Waals surface area contributed by atoms with Gasteiger partial charge in [0.15, 0.2) is 0 Å². The first-order valence-corrected chi connectivity index (χ1v) is 10.2. The number of unbranched alkanes of at least 4 members (excludes halogenated alkanes) is 8. The Labute approximate surface area is 179 Å². The third-order valence-electron chi connectivity index (χ3n) is 3.90. The fraction of sp³-hybridized carbons (Fsp3) is 1.00. The molecule has 25 heavy (non-hydrogen) atoms. The molecule has 0 saturated heterocycles. The Morgan fingerprint density at radius 3 is 1.12 bits per heavy atom. The normalized spacial score (nSPS) is 10.8. The molecule has 0 N–H and O–H groups in total. The van der Waals surface area contributed by atoms with Crippen LogP contribution in [0.3, 0.4) is 0 Å². The topological polar surface area (TPSA) is 36.9 Å². The van der Waals surface area contributed by atoms with Crippen LogP contribution in [0.25, 0.3) is 0 Å². The Hall–Kier alpha value is 0.840. The first-order chi connectivity index (χ1) is 11.9. The molecule has 0 saturated carbocycles. The Bertz CT molecular complexity index is 196. The Morgan fingerprint density at radius 2 is 0.680 bits per heavy atom. The second-order valence-electron chi connectivity index (χ2n) is 6.28. The van der Waals surface area contributed by atoms with Crippen molar-refractivity contribution in [1.29, 1.82) is 0 Å². The molecule has 0 unspecified atom stereocenters. The third kappa shape index (κ3) is 27.2. The summed E-state index contributed by atoms with van der Waals surface area (Å²) in [6.07, 6.45) is 13.0. The predicted molar refractivity (Wildman–Crippen MR) is 108 cm³/mol. The summed E-state index contributed by atoms with van der Waals surface area (Å²) in [5.41, 5.74) is 0. The summed E-state index contributed by atoms with van der Waals surface area (Å²) in [6, 6.07) is 0. The molecule has 0 fully saturated rings. The van der Waals surface area contributed by atoms with Gasteiger partial charge in [0.1, 0.15) is 0 Å². The quantitative estimate of drug-likeness (QED) is 0.222. The van der Waals surface area contributed by atoms with Gasteiger partial charge in [0, 0.05) is 13.2 Å². The van der Waals surface area contributed by atoms with Gasteiger partial charge in [0.05, 0.1) is 39.6 Å². The molecule has 148 valence electrons. The van der Waals surface area contributed by atoms with Crippen LogP contribution in [0.2, 0.25) is 0 Å². The average Bonchev–Trinajstić information content (AvgIpc) is 2.60. The summed E-state index contributed by atoms with van der Waals surface area (Å²) in [7, 11) is 0. The van der Waals surface area contributed by atoms with Crippen LogP contribution >= 0.6 is 0 Å². The minimum absolute atomic E-state index is 0. The van der Waals surface area contributed by atoms with Gasteiger partial charge < -0.3 is 18.9 Å². The van der Waals surface area contributed by atoms with Crippen molar-refractivity contribution >= 4 is 29.6 Å². The fourth-order valence-electron chi connectivity index (χ4n) is 2.35.